The van der Waals surface area contributed by atoms with Gasteiger partial charge in [-0.05, 0) is 34.7 Å². The number of nitrogens with zero attached hydrogens (tertiary/aromatic N) is 3. The van der Waals surface area contributed by atoms with E-state index >= 15 is 0 Å². The van der Waals surface area contributed by atoms with E-state index in [1.165, 1.54) is 6.33 Å². The Morgan fingerprint density at radius 1 is 1.36 bits per heavy atom. The monoisotopic (exact) mass is 346 g/mol. The minimum Gasteiger partial charge on any atom is -0.493 e. The number of benzene rings is 1. The lowest BCUT2D eigenvalue weighted by Gasteiger charge is -2.24. The number of para-hydroxylation sites is 1. The first-order valence-corrected chi connectivity index (χ1v) is 8.58. The van der Waals surface area contributed by atoms with Gasteiger partial charge in [-0.2, -0.15) is 0 Å². The van der Waals surface area contributed by atoms with Gasteiger partial charge in [0.05, 0.1) is 12.6 Å². The fraction of sp³-hybridized carbons (Fsp3) is 0.500. The number of hydrogen-bond acceptors (Lipinski definition) is 5. The molecule has 0 radical (unpaired) electrons. The van der Waals surface area contributed by atoms with Gasteiger partial charge in [0.1, 0.15) is 5.75 Å². The average molecular weight is 346 g/mol. The average Bonchev–Trinajstić information content (AvgIpc) is 2.93. The molecule has 1 atom stereocenters. The molecule has 1 heterocycles. The number of aryl methyl sites for hydroxylation is 1. The molecule has 1 aromatic carbocycles. The number of rotatable bonds is 9. The number of imidazole rings is 1. The summed E-state index contributed by atoms with van der Waals surface area (Å²) < 4.78 is 7.52. The maximum Gasteiger partial charge on any atom is 0.406 e. The Kier molecular flexibility index (Phi) is 6.38. The third kappa shape index (κ3) is 4.71. The number of aromatic nitrogens is 2. The van der Waals surface area contributed by atoms with Crippen LogP contribution in [0.3, 0.4) is 0 Å². The Bertz CT molecular complexity index is 712. The zero-order valence-electron chi connectivity index (χ0n) is 15.2. The van der Waals surface area contributed by atoms with E-state index < -0.39 is 4.92 Å². The highest BCUT2D eigenvalue weighted by Crippen LogP contribution is 2.34. The molecular weight excluding hydrogens is 320 g/mol. The fourth-order valence-corrected chi connectivity index (χ4v) is 2.73. The maximum absolute atomic E-state index is 11.2. The third-order valence-electron chi connectivity index (χ3n) is 3.86. The first-order chi connectivity index (χ1) is 11.9. The summed E-state index contributed by atoms with van der Waals surface area (Å²) >= 11 is 0. The number of nitrogens with one attached hydrogen (secondary N) is 1. The zero-order valence-corrected chi connectivity index (χ0v) is 15.2. The summed E-state index contributed by atoms with van der Waals surface area (Å²) in [6, 6.07) is 7.74. The predicted molar refractivity (Wildman–Crippen MR) is 97.9 cm³/mol. The van der Waals surface area contributed by atoms with Gasteiger partial charge in [0.2, 0.25) is 12.1 Å². The summed E-state index contributed by atoms with van der Waals surface area (Å²) in [6.45, 7) is 6.95. The molecule has 1 aromatic heterocycles. The summed E-state index contributed by atoms with van der Waals surface area (Å²) in [5.74, 6) is 1.46. The Labute approximate surface area is 148 Å². The van der Waals surface area contributed by atoms with Crippen molar-refractivity contribution in [2.75, 3.05) is 11.9 Å². The molecule has 2 rings (SSSR count). The molecule has 0 fully saturated rings. The molecule has 25 heavy (non-hydrogen) atoms. The van der Waals surface area contributed by atoms with Crippen molar-refractivity contribution < 1.29 is 9.66 Å². The molecule has 0 aliphatic rings. The molecule has 0 bridgehead atoms. The Morgan fingerprint density at radius 2 is 2.08 bits per heavy atom. The molecule has 0 unspecified atom stereocenters. The first kappa shape index (κ1) is 18.8. The second-order valence-electron chi connectivity index (χ2n) is 6.50. The van der Waals surface area contributed by atoms with Crippen LogP contribution in [0.1, 0.15) is 45.2 Å². The van der Waals surface area contributed by atoms with Gasteiger partial charge in [0.25, 0.3) is 0 Å². The molecule has 0 saturated carbocycles. The molecule has 0 spiro atoms. The largest absolute Gasteiger partial charge is 0.493 e. The van der Waals surface area contributed by atoms with E-state index in [0.29, 0.717) is 18.3 Å². The van der Waals surface area contributed by atoms with Crippen molar-refractivity contribution in [3.8, 4) is 5.75 Å². The molecule has 0 saturated heterocycles. The highest BCUT2D eigenvalue weighted by molar-refractivity contribution is 5.54. The summed E-state index contributed by atoms with van der Waals surface area (Å²) in [5, 5.41) is 14.6. The lowest BCUT2D eigenvalue weighted by Crippen LogP contribution is -2.17. The number of anilines is 1. The maximum atomic E-state index is 11.2. The Morgan fingerprint density at radius 3 is 2.72 bits per heavy atom. The van der Waals surface area contributed by atoms with E-state index in [2.05, 4.69) is 31.1 Å². The summed E-state index contributed by atoms with van der Waals surface area (Å²) in [6.07, 6.45) is 3.19. The Hall–Kier alpha value is -2.57. The van der Waals surface area contributed by atoms with Gasteiger partial charge in [0.15, 0.2) is 0 Å². The van der Waals surface area contributed by atoms with Crippen LogP contribution in [0.4, 0.5) is 11.6 Å². The predicted octanol–water partition coefficient (Wildman–Crippen LogP) is 4.32. The second kappa shape index (κ2) is 8.50. The van der Waals surface area contributed by atoms with E-state index in [1.54, 1.807) is 11.6 Å². The van der Waals surface area contributed by atoms with Crippen molar-refractivity contribution >= 4 is 11.6 Å². The molecule has 0 amide bonds. The number of hydrogen-bond donors (Lipinski definition) is 1. The molecule has 0 aliphatic carbocycles. The Balaban J connectivity index is 2.38. The van der Waals surface area contributed by atoms with E-state index in [1.807, 2.05) is 24.3 Å². The first-order valence-electron chi connectivity index (χ1n) is 8.58. The smallest absolute Gasteiger partial charge is 0.406 e. The second-order valence-corrected chi connectivity index (χ2v) is 6.50. The topological polar surface area (TPSA) is 82.2 Å². The SMILES string of the molecule is CCCOc1ccccc1[C@@H](CC(C)C)Nc1c([N+](=O)[O-])ncn1C. The normalized spacial score (nSPS) is 12.2. The van der Waals surface area contributed by atoms with Crippen LogP contribution in [0.15, 0.2) is 30.6 Å². The van der Waals surface area contributed by atoms with Gasteiger partial charge in [0, 0.05) is 12.6 Å². The van der Waals surface area contributed by atoms with E-state index in [4.69, 9.17) is 4.74 Å². The number of nitro groups is 1. The van der Waals surface area contributed by atoms with E-state index in [9.17, 15) is 10.1 Å². The molecule has 0 aliphatic heterocycles. The standard InChI is InChI=1S/C18H26N4O3/c1-5-10-25-16-9-7-6-8-14(16)15(11-13(2)3)20-18-17(22(23)24)19-12-21(18)4/h6-9,12-13,15,20H,5,10-11H2,1-4H3/t15-/m1/s1. The van der Waals surface area contributed by atoms with Crippen molar-refractivity contribution in [3.05, 3.63) is 46.3 Å². The van der Waals surface area contributed by atoms with Crippen molar-refractivity contribution in [1.82, 2.24) is 9.55 Å². The van der Waals surface area contributed by atoms with Crippen LogP contribution in [-0.4, -0.2) is 21.1 Å². The van der Waals surface area contributed by atoms with Crippen LogP contribution in [0.25, 0.3) is 0 Å². The van der Waals surface area contributed by atoms with Crippen LogP contribution >= 0.6 is 0 Å². The minimum absolute atomic E-state index is 0.109. The minimum atomic E-state index is -0.464. The van der Waals surface area contributed by atoms with Crippen LogP contribution < -0.4 is 10.1 Å². The van der Waals surface area contributed by atoms with E-state index in [0.717, 1.165) is 24.2 Å². The molecule has 1 N–H and O–H groups in total. The van der Waals surface area contributed by atoms with Crippen LogP contribution in [0.2, 0.25) is 0 Å². The zero-order chi connectivity index (χ0) is 18.4. The van der Waals surface area contributed by atoms with Gasteiger partial charge in [-0.1, -0.05) is 39.0 Å². The van der Waals surface area contributed by atoms with Crippen LogP contribution in [0, 0.1) is 16.0 Å². The molecular formula is C18H26N4O3. The van der Waals surface area contributed by atoms with Gasteiger partial charge in [-0.25, -0.2) is 0 Å². The number of ether oxygens (including phenoxy) is 1. The summed E-state index contributed by atoms with van der Waals surface area (Å²) in [5.41, 5.74) is 1.00. The van der Waals surface area contributed by atoms with Gasteiger partial charge >= 0.3 is 5.82 Å². The van der Waals surface area contributed by atoms with Crippen molar-refractivity contribution in [2.24, 2.45) is 13.0 Å². The van der Waals surface area contributed by atoms with Gasteiger partial charge in [-0.3, -0.25) is 4.57 Å². The van der Waals surface area contributed by atoms with Gasteiger partial charge < -0.3 is 20.2 Å². The highest BCUT2D eigenvalue weighted by atomic mass is 16.6. The van der Waals surface area contributed by atoms with E-state index in [-0.39, 0.29) is 11.9 Å². The summed E-state index contributed by atoms with van der Waals surface area (Å²) in [7, 11) is 1.74. The lowest BCUT2D eigenvalue weighted by atomic mass is 9.96. The third-order valence-corrected chi connectivity index (χ3v) is 3.86. The van der Waals surface area contributed by atoms with Crippen LogP contribution in [-0.2, 0) is 7.05 Å². The lowest BCUT2D eigenvalue weighted by molar-refractivity contribution is -0.388. The van der Waals surface area contributed by atoms with Gasteiger partial charge in [-0.15, -0.1) is 0 Å². The fourth-order valence-electron chi connectivity index (χ4n) is 2.73. The van der Waals surface area contributed by atoms with Crippen LogP contribution in [0.5, 0.6) is 5.75 Å². The molecule has 2 aromatic rings. The quantitative estimate of drug-likeness (QED) is 0.540. The molecule has 136 valence electrons. The van der Waals surface area contributed by atoms with Crippen molar-refractivity contribution in [2.45, 2.75) is 39.7 Å². The summed E-state index contributed by atoms with van der Waals surface area (Å²) in [4.78, 5) is 14.7. The van der Waals surface area contributed by atoms with Crippen molar-refractivity contribution in [3.63, 3.8) is 0 Å². The molecule has 7 heteroatoms. The highest BCUT2D eigenvalue weighted by Gasteiger charge is 2.25. The molecule has 7 nitrogen and oxygen atoms in total. The van der Waals surface area contributed by atoms with Crippen molar-refractivity contribution in [1.29, 1.82) is 0 Å².